The van der Waals surface area contributed by atoms with Crippen LogP contribution < -0.4 is 11.2 Å². The number of nitrogens with zero attached hydrogens (tertiary/aromatic N) is 4. The fourth-order valence-corrected chi connectivity index (χ4v) is 3.05. The van der Waals surface area contributed by atoms with Gasteiger partial charge in [-0.15, -0.1) is 0 Å². The highest BCUT2D eigenvalue weighted by atomic mass is 19.1. The second-order valence-corrected chi connectivity index (χ2v) is 6.40. The van der Waals surface area contributed by atoms with Crippen LogP contribution in [-0.2, 0) is 13.1 Å². The number of ketones is 1. The molecular weight excluding hydrogens is 375 g/mol. The molecular formula is C21H15FN4O3. The molecule has 0 radical (unpaired) electrons. The first kappa shape index (κ1) is 18.4. The summed E-state index contributed by atoms with van der Waals surface area (Å²) in [4.78, 5) is 46.7. The SMILES string of the molecule is O=C(Cn1c(=O)n(Cc2ccccc2)c(=O)c2nccnc21)c1ccc(F)cc1. The van der Waals surface area contributed by atoms with Gasteiger partial charge >= 0.3 is 5.69 Å². The number of Topliss-reactive ketones (excluding diaryl/α,β-unsaturated/α-hetero) is 1. The molecule has 0 amide bonds. The summed E-state index contributed by atoms with van der Waals surface area (Å²) in [6.07, 6.45) is 2.70. The quantitative estimate of drug-likeness (QED) is 0.487. The van der Waals surface area contributed by atoms with Gasteiger partial charge in [0.05, 0.1) is 13.1 Å². The van der Waals surface area contributed by atoms with Crippen molar-refractivity contribution < 1.29 is 9.18 Å². The lowest BCUT2D eigenvalue weighted by Crippen LogP contribution is -2.42. The molecule has 0 aliphatic heterocycles. The number of rotatable bonds is 5. The fraction of sp³-hybridized carbons (Fsp3) is 0.0952. The smallest absolute Gasteiger partial charge is 0.292 e. The third-order valence-corrected chi connectivity index (χ3v) is 4.50. The van der Waals surface area contributed by atoms with Gasteiger partial charge in [0, 0.05) is 18.0 Å². The lowest BCUT2D eigenvalue weighted by Gasteiger charge is -2.12. The molecule has 0 spiro atoms. The molecule has 29 heavy (non-hydrogen) atoms. The molecule has 0 aliphatic rings. The molecule has 4 aromatic rings. The number of aromatic nitrogens is 4. The average Bonchev–Trinajstić information content (AvgIpc) is 2.75. The molecule has 0 fully saturated rings. The van der Waals surface area contributed by atoms with Crippen molar-refractivity contribution in [3.63, 3.8) is 0 Å². The Balaban J connectivity index is 1.84. The Morgan fingerprint density at radius 3 is 2.31 bits per heavy atom. The summed E-state index contributed by atoms with van der Waals surface area (Å²) in [6, 6.07) is 14.1. The minimum atomic E-state index is -0.665. The maximum Gasteiger partial charge on any atom is 0.333 e. The van der Waals surface area contributed by atoms with Crippen LogP contribution in [0.4, 0.5) is 4.39 Å². The normalized spacial score (nSPS) is 10.9. The summed E-state index contributed by atoms with van der Waals surface area (Å²) < 4.78 is 15.3. The molecule has 144 valence electrons. The van der Waals surface area contributed by atoms with E-state index < -0.39 is 22.8 Å². The molecule has 0 atom stereocenters. The summed E-state index contributed by atoms with van der Waals surface area (Å²) in [6.45, 7) is -0.315. The molecule has 0 bridgehead atoms. The van der Waals surface area contributed by atoms with Crippen molar-refractivity contribution in [3.8, 4) is 0 Å². The summed E-state index contributed by atoms with van der Waals surface area (Å²) in [7, 11) is 0. The lowest BCUT2D eigenvalue weighted by molar-refractivity contribution is 0.0971. The number of carbonyl (C=O) groups excluding carboxylic acids is 1. The fourth-order valence-electron chi connectivity index (χ4n) is 3.05. The number of fused-ring (bicyclic) bond motifs is 1. The Hall–Kier alpha value is -3.94. The highest BCUT2D eigenvalue weighted by Gasteiger charge is 2.18. The number of carbonyl (C=O) groups is 1. The minimum absolute atomic E-state index is 0.00469. The van der Waals surface area contributed by atoms with Crippen molar-refractivity contribution >= 4 is 16.9 Å². The van der Waals surface area contributed by atoms with E-state index in [-0.39, 0.29) is 29.8 Å². The van der Waals surface area contributed by atoms with Crippen molar-refractivity contribution in [1.82, 2.24) is 19.1 Å². The molecule has 0 saturated carbocycles. The summed E-state index contributed by atoms with van der Waals surface area (Å²) in [5.74, 6) is -0.879. The number of hydrogen-bond acceptors (Lipinski definition) is 5. The third kappa shape index (κ3) is 3.60. The Bertz CT molecular complexity index is 1310. The van der Waals surface area contributed by atoms with Crippen LogP contribution in [0.25, 0.3) is 11.2 Å². The Morgan fingerprint density at radius 1 is 0.897 bits per heavy atom. The van der Waals surface area contributed by atoms with Gasteiger partial charge in [0.2, 0.25) is 0 Å². The van der Waals surface area contributed by atoms with Gasteiger partial charge in [-0.3, -0.25) is 18.7 Å². The Labute approximate surface area is 163 Å². The maximum atomic E-state index is 13.1. The van der Waals surface area contributed by atoms with Gasteiger partial charge < -0.3 is 0 Å². The highest BCUT2D eigenvalue weighted by Crippen LogP contribution is 2.08. The van der Waals surface area contributed by atoms with E-state index >= 15 is 0 Å². The molecule has 0 aliphatic carbocycles. The van der Waals surface area contributed by atoms with E-state index in [0.717, 1.165) is 14.7 Å². The molecule has 0 saturated heterocycles. The van der Waals surface area contributed by atoms with Crippen molar-refractivity contribution in [2.75, 3.05) is 0 Å². The highest BCUT2D eigenvalue weighted by molar-refractivity contribution is 5.96. The van der Waals surface area contributed by atoms with Crippen LogP contribution in [0.5, 0.6) is 0 Å². The zero-order valence-electron chi connectivity index (χ0n) is 15.2. The number of halogens is 1. The molecule has 2 aromatic heterocycles. The van der Waals surface area contributed by atoms with Gasteiger partial charge in [-0.05, 0) is 29.8 Å². The van der Waals surface area contributed by atoms with Crippen LogP contribution in [0.1, 0.15) is 15.9 Å². The number of hydrogen-bond donors (Lipinski definition) is 0. The third-order valence-electron chi connectivity index (χ3n) is 4.50. The van der Waals surface area contributed by atoms with Crippen molar-refractivity contribution in [2.24, 2.45) is 0 Å². The molecule has 2 aromatic carbocycles. The summed E-state index contributed by atoms with van der Waals surface area (Å²) in [5, 5.41) is 0. The Kier molecular flexibility index (Phi) is 4.82. The zero-order valence-corrected chi connectivity index (χ0v) is 15.2. The minimum Gasteiger partial charge on any atom is -0.292 e. The number of benzene rings is 2. The van der Waals surface area contributed by atoms with Crippen LogP contribution in [0.3, 0.4) is 0 Å². The molecule has 4 rings (SSSR count). The van der Waals surface area contributed by atoms with Crippen LogP contribution >= 0.6 is 0 Å². The van der Waals surface area contributed by atoms with E-state index in [2.05, 4.69) is 9.97 Å². The van der Waals surface area contributed by atoms with Gasteiger partial charge in [-0.1, -0.05) is 30.3 Å². The van der Waals surface area contributed by atoms with Gasteiger partial charge in [0.15, 0.2) is 16.9 Å². The molecule has 2 heterocycles. The molecule has 0 unspecified atom stereocenters. The zero-order chi connectivity index (χ0) is 20.4. The van der Waals surface area contributed by atoms with Gasteiger partial charge in [-0.25, -0.2) is 19.2 Å². The first-order valence-electron chi connectivity index (χ1n) is 8.81. The predicted octanol–water partition coefficient (Wildman–Crippen LogP) is 2.02. The largest absolute Gasteiger partial charge is 0.333 e. The van der Waals surface area contributed by atoms with Crippen LogP contribution in [0, 0.1) is 5.82 Å². The molecule has 7 nitrogen and oxygen atoms in total. The van der Waals surface area contributed by atoms with Crippen LogP contribution in [0.2, 0.25) is 0 Å². The topological polar surface area (TPSA) is 86.9 Å². The average molecular weight is 390 g/mol. The lowest BCUT2D eigenvalue weighted by atomic mass is 10.1. The first-order chi connectivity index (χ1) is 14.0. The van der Waals surface area contributed by atoms with E-state index in [4.69, 9.17) is 0 Å². The van der Waals surface area contributed by atoms with E-state index in [0.29, 0.717) is 0 Å². The summed E-state index contributed by atoms with van der Waals surface area (Å²) in [5.41, 5.74) is -0.213. The van der Waals surface area contributed by atoms with Gasteiger partial charge in [-0.2, -0.15) is 0 Å². The Morgan fingerprint density at radius 2 is 1.59 bits per heavy atom. The molecule has 0 N–H and O–H groups in total. The van der Waals surface area contributed by atoms with Gasteiger partial charge in [0.25, 0.3) is 5.56 Å². The van der Waals surface area contributed by atoms with Crippen LogP contribution in [0.15, 0.2) is 76.6 Å². The molecule has 8 heteroatoms. The van der Waals surface area contributed by atoms with Crippen molar-refractivity contribution in [2.45, 2.75) is 13.1 Å². The van der Waals surface area contributed by atoms with E-state index in [1.165, 1.54) is 36.7 Å². The summed E-state index contributed by atoms with van der Waals surface area (Å²) >= 11 is 0. The monoisotopic (exact) mass is 390 g/mol. The van der Waals surface area contributed by atoms with Crippen molar-refractivity contribution in [3.05, 3.63) is 105 Å². The first-order valence-corrected chi connectivity index (χ1v) is 8.81. The standard InChI is InChI=1S/C21H15FN4O3/c22-16-8-6-15(7-9-16)17(27)13-25-19-18(23-10-11-24-19)20(28)26(21(25)29)12-14-4-2-1-3-5-14/h1-11H,12-13H2. The van der Waals surface area contributed by atoms with E-state index in [9.17, 15) is 18.8 Å². The van der Waals surface area contributed by atoms with Crippen molar-refractivity contribution in [1.29, 1.82) is 0 Å². The maximum absolute atomic E-state index is 13.1. The van der Waals surface area contributed by atoms with Gasteiger partial charge in [0.1, 0.15) is 5.82 Å². The second-order valence-electron chi connectivity index (χ2n) is 6.40. The second kappa shape index (κ2) is 7.59. The van der Waals surface area contributed by atoms with E-state index in [1.54, 1.807) is 24.3 Å². The van der Waals surface area contributed by atoms with E-state index in [1.807, 2.05) is 6.07 Å². The predicted molar refractivity (Wildman–Crippen MR) is 104 cm³/mol. The van der Waals surface area contributed by atoms with Crippen LogP contribution in [-0.4, -0.2) is 24.9 Å².